The molecule has 5 nitrogen and oxygen atoms in total. The van der Waals surface area contributed by atoms with Gasteiger partial charge in [-0.3, -0.25) is 4.57 Å². The molecule has 5 heteroatoms. The van der Waals surface area contributed by atoms with Crippen molar-refractivity contribution in [2.45, 2.75) is 80.6 Å². The van der Waals surface area contributed by atoms with E-state index in [1.54, 1.807) is 0 Å². The largest absolute Gasteiger partial charge is 0.457 e. The summed E-state index contributed by atoms with van der Waals surface area (Å²) in [5.74, 6) is 2.46. The molecule has 0 unspecified atom stereocenters. The van der Waals surface area contributed by atoms with E-state index >= 15 is 0 Å². The number of rotatable bonds is 7. The Labute approximate surface area is 296 Å². The number of hydrogen-bond donors (Lipinski definition) is 0. The first-order valence-corrected chi connectivity index (χ1v) is 17.7. The van der Waals surface area contributed by atoms with Gasteiger partial charge in [0.25, 0.3) is 0 Å². The molecule has 0 fully saturated rings. The van der Waals surface area contributed by atoms with E-state index in [2.05, 4.69) is 163 Å². The molecule has 0 N–H and O–H groups in total. The molecule has 0 bridgehead atoms. The average molecular weight is 661 g/mol. The van der Waals surface area contributed by atoms with Gasteiger partial charge in [-0.1, -0.05) is 77.9 Å². The first-order chi connectivity index (χ1) is 23.7. The number of benzene rings is 4. The molecule has 0 atom stereocenters. The van der Waals surface area contributed by atoms with E-state index in [9.17, 15) is 0 Å². The quantitative estimate of drug-likeness (QED) is 0.171. The summed E-state index contributed by atoms with van der Waals surface area (Å²) < 4.78 is 11.1. The highest BCUT2D eigenvalue weighted by Gasteiger charge is 2.21. The molecule has 0 spiro atoms. The third-order valence-corrected chi connectivity index (χ3v) is 9.69. The summed E-state index contributed by atoms with van der Waals surface area (Å²) >= 11 is 0. The summed E-state index contributed by atoms with van der Waals surface area (Å²) in [5.41, 5.74) is 11.5. The molecular weight excluding hydrogens is 613 g/mol. The molecule has 4 aromatic carbocycles. The van der Waals surface area contributed by atoms with Crippen LogP contribution in [0.3, 0.4) is 0 Å². The van der Waals surface area contributed by atoms with E-state index < -0.39 is 0 Å². The van der Waals surface area contributed by atoms with Crippen LogP contribution in [0, 0.1) is 26.2 Å². The van der Waals surface area contributed by atoms with Crippen LogP contribution in [0.15, 0.2) is 103 Å². The van der Waals surface area contributed by atoms with Crippen LogP contribution in [-0.4, -0.2) is 19.3 Å². The molecule has 0 saturated carbocycles. The van der Waals surface area contributed by atoms with Crippen molar-refractivity contribution >= 4 is 21.8 Å². The Morgan fingerprint density at radius 1 is 0.700 bits per heavy atom. The monoisotopic (exact) mass is 660 g/mol. The number of fused-ring (bicyclic) bond motifs is 3. The van der Waals surface area contributed by atoms with Crippen LogP contribution in [0.2, 0.25) is 0 Å². The Hall–Kier alpha value is -5.16. The minimum atomic E-state index is -0.0929. The van der Waals surface area contributed by atoms with E-state index in [0.717, 1.165) is 58.3 Å². The van der Waals surface area contributed by atoms with E-state index in [-0.39, 0.29) is 10.8 Å². The van der Waals surface area contributed by atoms with E-state index in [4.69, 9.17) is 14.8 Å². The topological polar surface area (TPSA) is 44.9 Å². The first kappa shape index (κ1) is 33.3. The molecule has 0 radical (unpaired) electrons. The van der Waals surface area contributed by atoms with Gasteiger partial charge in [-0.25, -0.2) is 9.67 Å². The fraction of sp³-hybridized carbons (Fsp3) is 0.289. The van der Waals surface area contributed by atoms with Gasteiger partial charge in [0.1, 0.15) is 17.3 Å². The Bertz CT molecular complexity index is 2350. The minimum absolute atomic E-state index is 0.0929. The van der Waals surface area contributed by atoms with Crippen molar-refractivity contribution in [3.63, 3.8) is 0 Å². The highest BCUT2D eigenvalue weighted by Crippen LogP contribution is 2.38. The Balaban J connectivity index is 1.34. The number of pyridine rings is 1. The van der Waals surface area contributed by atoms with E-state index in [1.807, 2.05) is 12.3 Å². The molecule has 0 amide bonds. The van der Waals surface area contributed by atoms with Crippen LogP contribution < -0.4 is 4.74 Å². The van der Waals surface area contributed by atoms with Crippen molar-refractivity contribution in [1.82, 2.24) is 19.3 Å². The maximum Gasteiger partial charge on any atom is 0.137 e. The molecule has 0 aliphatic rings. The van der Waals surface area contributed by atoms with Gasteiger partial charge in [0.15, 0.2) is 0 Å². The van der Waals surface area contributed by atoms with Crippen molar-refractivity contribution in [1.29, 1.82) is 0 Å². The third kappa shape index (κ3) is 6.57. The number of ether oxygens (including phenoxy) is 1. The maximum atomic E-state index is 6.78. The average Bonchev–Trinajstić information content (AvgIpc) is 3.55. The van der Waals surface area contributed by atoms with Crippen LogP contribution in [0.1, 0.15) is 76.0 Å². The van der Waals surface area contributed by atoms with Crippen LogP contribution in [-0.2, 0) is 11.8 Å². The zero-order valence-corrected chi connectivity index (χ0v) is 30.9. The third-order valence-electron chi connectivity index (χ3n) is 9.69. The molecule has 3 heterocycles. The van der Waals surface area contributed by atoms with Crippen LogP contribution in [0.5, 0.6) is 11.5 Å². The van der Waals surface area contributed by atoms with Crippen LogP contribution >= 0.6 is 0 Å². The molecule has 3 aromatic heterocycles. The zero-order valence-electron chi connectivity index (χ0n) is 30.9. The summed E-state index contributed by atoms with van der Waals surface area (Å²) in [6.45, 7) is 20.0. The summed E-state index contributed by atoms with van der Waals surface area (Å²) in [4.78, 5) is 4.82. The Morgan fingerprint density at radius 3 is 2.20 bits per heavy atom. The molecule has 7 aromatic rings. The molecular formula is C45H48N4O. The second-order valence-corrected chi connectivity index (χ2v) is 16.0. The molecule has 0 aliphatic carbocycles. The van der Waals surface area contributed by atoms with Crippen molar-refractivity contribution in [2.75, 3.05) is 0 Å². The Kier molecular flexibility index (Phi) is 8.42. The van der Waals surface area contributed by atoms with Crippen molar-refractivity contribution < 1.29 is 4.74 Å². The van der Waals surface area contributed by atoms with Crippen LogP contribution in [0.4, 0.5) is 0 Å². The van der Waals surface area contributed by atoms with E-state index in [0.29, 0.717) is 0 Å². The number of aryl methyl sites for hydroxylation is 3. The molecule has 0 saturated heterocycles. The molecule has 50 heavy (non-hydrogen) atoms. The van der Waals surface area contributed by atoms with Gasteiger partial charge in [-0.05, 0) is 115 Å². The van der Waals surface area contributed by atoms with Gasteiger partial charge >= 0.3 is 0 Å². The normalized spacial score (nSPS) is 12.3. The van der Waals surface area contributed by atoms with Crippen LogP contribution in [0.25, 0.3) is 44.4 Å². The second kappa shape index (κ2) is 12.6. The summed E-state index contributed by atoms with van der Waals surface area (Å²) in [5, 5.41) is 7.45. The standard InChI is InChI=1S/C45H48N4O/c1-29-20-22-46-42(23-29)48-40-18-15-32(19-21-44(4,5)6)24-39(40)38-17-16-36(28-41(38)48)50-37-26-34(45(7,8)9)25-35(27-37)49-31(3)43(30(2)47-49)33-13-11-10-12-14-33/h10-18,20,22-28H,19,21H2,1-9H3. The van der Waals surface area contributed by atoms with E-state index in [1.165, 1.54) is 38.6 Å². The van der Waals surface area contributed by atoms with Gasteiger partial charge in [-0.2, -0.15) is 5.10 Å². The maximum absolute atomic E-state index is 6.78. The summed E-state index contributed by atoms with van der Waals surface area (Å²) in [7, 11) is 0. The predicted molar refractivity (Wildman–Crippen MR) is 208 cm³/mol. The van der Waals surface area contributed by atoms with Crippen molar-refractivity contribution in [3.8, 4) is 34.1 Å². The van der Waals surface area contributed by atoms with Gasteiger partial charge in [0.2, 0.25) is 0 Å². The van der Waals surface area contributed by atoms with Crippen molar-refractivity contribution in [3.05, 3.63) is 131 Å². The fourth-order valence-electron chi connectivity index (χ4n) is 6.93. The minimum Gasteiger partial charge on any atom is -0.457 e. The van der Waals surface area contributed by atoms with Gasteiger partial charge in [-0.15, -0.1) is 0 Å². The lowest BCUT2D eigenvalue weighted by Crippen LogP contribution is -2.12. The zero-order chi connectivity index (χ0) is 35.4. The van der Waals surface area contributed by atoms with Crippen molar-refractivity contribution in [2.24, 2.45) is 5.41 Å². The molecule has 7 rings (SSSR count). The summed E-state index contributed by atoms with van der Waals surface area (Å²) in [6, 6.07) is 34.6. The number of nitrogens with zero attached hydrogens (tertiary/aromatic N) is 4. The fourth-order valence-corrected chi connectivity index (χ4v) is 6.93. The lowest BCUT2D eigenvalue weighted by molar-refractivity contribution is 0.378. The van der Waals surface area contributed by atoms with Gasteiger partial charge < -0.3 is 4.74 Å². The highest BCUT2D eigenvalue weighted by atomic mass is 16.5. The Morgan fingerprint density at radius 2 is 1.48 bits per heavy atom. The highest BCUT2D eigenvalue weighted by molar-refractivity contribution is 6.09. The predicted octanol–water partition coefficient (Wildman–Crippen LogP) is 12.0. The number of aromatic nitrogens is 4. The smallest absolute Gasteiger partial charge is 0.137 e. The first-order valence-electron chi connectivity index (χ1n) is 17.7. The molecule has 0 aliphatic heterocycles. The lowest BCUT2D eigenvalue weighted by atomic mass is 9.86. The SMILES string of the molecule is Cc1ccnc(-n2c3ccc(CCC(C)(C)C)cc3c3ccc(Oc4cc(-n5nc(C)c(-c6ccccc6)c5C)cc(C(C)(C)C)c4)cc32)c1. The summed E-state index contributed by atoms with van der Waals surface area (Å²) in [6.07, 6.45) is 4.07. The number of hydrogen-bond acceptors (Lipinski definition) is 3. The lowest BCUT2D eigenvalue weighted by Gasteiger charge is -2.22. The molecule has 254 valence electrons. The van der Waals surface area contributed by atoms with Gasteiger partial charge in [0, 0.05) is 40.4 Å². The second-order valence-electron chi connectivity index (χ2n) is 16.0. The van der Waals surface area contributed by atoms with Gasteiger partial charge in [0.05, 0.1) is 22.4 Å².